The van der Waals surface area contributed by atoms with Crippen molar-refractivity contribution in [3.8, 4) is 24.2 Å². The molecule has 0 rings (SSSR count). The Morgan fingerprint density at radius 3 is 2.90 bits per heavy atom. The summed E-state index contributed by atoms with van der Waals surface area (Å²) in [5.74, 6) is 8.40. The molecule has 0 aromatic carbocycles. The molecule has 0 aliphatic carbocycles. The van der Waals surface area contributed by atoms with Crippen LogP contribution in [0.5, 0.6) is 0 Å². The van der Waals surface area contributed by atoms with E-state index in [1.54, 1.807) is 11.8 Å². The van der Waals surface area contributed by atoms with Crippen LogP contribution in [0, 0.1) is 24.2 Å². The normalized spacial score (nSPS) is 10.9. The fraction of sp³-hybridized carbons (Fsp3) is 0.500. The highest BCUT2D eigenvalue weighted by Crippen LogP contribution is 1.92. The molecule has 2 heteroatoms. The SMILES string of the molecule is C#CC(O)C#CCCSC. The zero-order chi connectivity index (χ0) is 7.82. The summed E-state index contributed by atoms with van der Waals surface area (Å²) in [7, 11) is 0. The Balaban J connectivity index is 3.41. The number of aliphatic hydroxyl groups excluding tert-OH is 1. The first-order valence-corrected chi connectivity index (χ1v) is 4.32. The van der Waals surface area contributed by atoms with E-state index in [1.807, 2.05) is 6.26 Å². The average molecular weight is 154 g/mol. The maximum absolute atomic E-state index is 8.74. The first kappa shape index (κ1) is 9.43. The van der Waals surface area contributed by atoms with Crippen molar-refractivity contribution in [1.82, 2.24) is 0 Å². The van der Waals surface area contributed by atoms with Crippen LogP contribution in [0.4, 0.5) is 0 Å². The quantitative estimate of drug-likeness (QED) is 0.467. The molecule has 0 aromatic rings. The van der Waals surface area contributed by atoms with Gasteiger partial charge in [0, 0.05) is 12.2 Å². The van der Waals surface area contributed by atoms with E-state index in [2.05, 4.69) is 17.8 Å². The highest BCUT2D eigenvalue weighted by Gasteiger charge is 1.85. The second-order valence-electron chi connectivity index (χ2n) is 1.63. The fourth-order valence-electron chi connectivity index (χ4n) is 0.364. The van der Waals surface area contributed by atoms with E-state index in [0.29, 0.717) is 0 Å². The molecule has 0 saturated carbocycles. The van der Waals surface area contributed by atoms with Crippen LogP contribution in [0.1, 0.15) is 6.42 Å². The zero-order valence-electron chi connectivity index (χ0n) is 5.92. The minimum atomic E-state index is -0.887. The summed E-state index contributed by atoms with van der Waals surface area (Å²) in [6.45, 7) is 0. The van der Waals surface area contributed by atoms with Crippen LogP contribution in [-0.4, -0.2) is 23.2 Å². The predicted molar refractivity (Wildman–Crippen MR) is 45.6 cm³/mol. The van der Waals surface area contributed by atoms with Crippen molar-refractivity contribution >= 4 is 11.8 Å². The Morgan fingerprint density at radius 2 is 2.40 bits per heavy atom. The van der Waals surface area contributed by atoms with Crippen LogP contribution in [0.15, 0.2) is 0 Å². The van der Waals surface area contributed by atoms with Gasteiger partial charge in [0.1, 0.15) is 0 Å². The van der Waals surface area contributed by atoms with Crippen molar-refractivity contribution in [3.05, 3.63) is 0 Å². The summed E-state index contributed by atoms with van der Waals surface area (Å²) in [5.41, 5.74) is 0. The molecule has 0 aliphatic rings. The lowest BCUT2D eigenvalue weighted by Crippen LogP contribution is -1.96. The molecule has 0 saturated heterocycles. The molecule has 0 aliphatic heterocycles. The van der Waals surface area contributed by atoms with Crippen molar-refractivity contribution in [2.45, 2.75) is 12.5 Å². The predicted octanol–water partition coefficient (Wildman–Crippen LogP) is 0.737. The third kappa shape index (κ3) is 5.56. The number of hydrogen-bond donors (Lipinski definition) is 1. The van der Waals surface area contributed by atoms with Gasteiger partial charge < -0.3 is 5.11 Å². The maximum atomic E-state index is 8.74. The number of hydrogen-bond acceptors (Lipinski definition) is 2. The molecule has 1 atom stereocenters. The monoisotopic (exact) mass is 154 g/mol. The third-order valence-corrected chi connectivity index (χ3v) is 1.44. The topological polar surface area (TPSA) is 20.2 Å². The van der Waals surface area contributed by atoms with E-state index >= 15 is 0 Å². The van der Waals surface area contributed by atoms with Gasteiger partial charge in [0.15, 0.2) is 6.10 Å². The Labute approximate surface area is 66.2 Å². The van der Waals surface area contributed by atoms with E-state index in [0.717, 1.165) is 12.2 Å². The molecule has 10 heavy (non-hydrogen) atoms. The molecular formula is C8H10OS. The number of rotatable bonds is 2. The third-order valence-electron chi connectivity index (χ3n) is 0.828. The summed E-state index contributed by atoms with van der Waals surface area (Å²) in [5, 5.41) is 8.74. The van der Waals surface area contributed by atoms with Crippen molar-refractivity contribution in [2.24, 2.45) is 0 Å². The molecule has 0 spiro atoms. The van der Waals surface area contributed by atoms with E-state index in [-0.39, 0.29) is 0 Å². The minimum Gasteiger partial charge on any atom is -0.369 e. The smallest absolute Gasteiger partial charge is 0.176 e. The maximum Gasteiger partial charge on any atom is 0.176 e. The van der Waals surface area contributed by atoms with Crippen LogP contribution in [0.3, 0.4) is 0 Å². The minimum absolute atomic E-state index is 0.792. The summed E-state index contributed by atoms with van der Waals surface area (Å²) in [6, 6.07) is 0. The second-order valence-corrected chi connectivity index (χ2v) is 2.62. The number of thioether (sulfide) groups is 1. The van der Waals surface area contributed by atoms with Gasteiger partial charge in [-0.1, -0.05) is 17.8 Å². The van der Waals surface area contributed by atoms with Crippen LogP contribution < -0.4 is 0 Å². The van der Waals surface area contributed by atoms with Gasteiger partial charge in [0.25, 0.3) is 0 Å². The lowest BCUT2D eigenvalue weighted by atomic mass is 10.3. The molecule has 1 nitrogen and oxygen atoms in total. The molecule has 0 bridgehead atoms. The van der Waals surface area contributed by atoms with Gasteiger partial charge in [0.05, 0.1) is 0 Å². The Kier molecular flexibility index (Phi) is 6.18. The average Bonchev–Trinajstić information content (AvgIpc) is 1.98. The Bertz CT molecular complexity index is 170. The Morgan fingerprint density at radius 1 is 1.70 bits per heavy atom. The first-order valence-electron chi connectivity index (χ1n) is 2.92. The molecule has 0 amide bonds. The second kappa shape index (κ2) is 6.55. The van der Waals surface area contributed by atoms with Crippen LogP contribution >= 0.6 is 11.8 Å². The van der Waals surface area contributed by atoms with Crippen LogP contribution in [0.2, 0.25) is 0 Å². The van der Waals surface area contributed by atoms with Gasteiger partial charge in [-0.25, -0.2) is 0 Å². The molecule has 0 fully saturated rings. The van der Waals surface area contributed by atoms with Crippen molar-refractivity contribution in [3.63, 3.8) is 0 Å². The summed E-state index contributed by atoms with van der Waals surface area (Å²) >= 11 is 1.73. The van der Waals surface area contributed by atoms with Crippen molar-refractivity contribution in [2.75, 3.05) is 12.0 Å². The molecule has 1 unspecified atom stereocenters. The van der Waals surface area contributed by atoms with E-state index in [4.69, 9.17) is 11.5 Å². The van der Waals surface area contributed by atoms with Gasteiger partial charge in [0.2, 0.25) is 0 Å². The molecule has 0 radical (unpaired) electrons. The molecule has 1 N–H and O–H groups in total. The number of terminal acetylenes is 1. The fourth-order valence-corrected chi connectivity index (χ4v) is 0.670. The lowest BCUT2D eigenvalue weighted by Gasteiger charge is -1.87. The summed E-state index contributed by atoms with van der Waals surface area (Å²) in [6.07, 6.45) is 6.80. The van der Waals surface area contributed by atoms with Crippen LogP contribution in [0.25, 0.3) is 0 Å². The highest BCUT2D eigenvalue weighted by molar-refractivity contribution is 7.98. The van der Waals surface area contributed by atoms with Gasteiger partial charge >= 0.3 is 0 Å². The van der Waals surface area contributed by atoms with Gasteiger partial charge in [-0.15, -0.1) is 6.42 Å². The van der Waals surface area contributed by atoms with Gasteiger partial charge in [-0.3, -0.25) is 0 Å². The van der Waals surface area contributed by atoms with Crippen molar-refractivity contribution in [1.29, 1.82) is 0 Å². The summed E-state index contributed by atoms with van der Waals surface area (Å²) < 4.78 is 0. The zero-order valence-corrected chi connectivity index (χ0v) is 6.74. The van der Waals surface area contributed by atoms with Crippen molar-refractivity contribution < 1.29 is 5.11 Å². The standard InChI is InChI=1S/C8H10OS/c1-3-8(9)6-4-5-7-10-2/h1,8-9H,5,7H2,2H3. The molecule has 0 heterocycles. The van der Waals surface area contributed by atoms with Gasteiger partial charge in [-0.2, -0.15) is 11.8 Å². The first-order chi connectivity index (χ1) is 4.81. The Hall–Kier alpha value is -0.570. The van der Waals surface area contributed by atoms with Crippen LogP contribution in [-0.2, 0) is 0 Å². The van der Waals surface area contributed by atoms with E-state index in [1.165, 1.54) is 0 Å². The molecular weight excluding hydrogens is 144 g/mol. The highest BCUT2D eigenvalue weighted by atomic mass is 32.2. The number of aliphatic hydroxyl groups is 1. The largest absolute Gasteiger partial charge is 0.369 e. The lowest BCUT2D eigenvalue weighted by molar-refractivity contribution is 0.290. The van der Waals surface area contributed by atoms with E-state index < -0.39 is 6.10 Å². The van der Waals surface area contributed by atoms with E-state index in [9.17, 15) is 0 Å². The summed E-state index contributed by atoms with van der Waals surface area (Å²) in [4.78, 5) is 0. The molecule has 0 aromatic heterocycles. The van der Waals surface area contributed by atoms with Gasteiger partial charge in [-0.05, 0) is 6.26 Å². The molecule has 54 valence electrons.